The molecule has 1 unspecified atom stereocenters. The highest BCUT2D eigenvalue weighted by Gasteiger charge is 2.15. The molecule has 0 amide bonds. The third-order valence-electron chi connectivity index (χ3n) is 2.27. The number of halogens is 3. The Morgan fingerprint density at radius 3 is 2.69 bits per heavy atom. The van der Waals surface area contributed by atoms with Crippen molar-refractivity contribution in [1.29, 1.82) is 0 Å². The van der Waals surface area contributed by atoms with Gasteiger partial charge in [0.25, 0.3) is 0 Å². The van der Waals surface area contributed by atoms with Gasteiger partial charge in [0.2, 0.25) is 0 Å². The zero-order chi connectivity index (χ0) is 11.7. The molecular formula is C12H9BrClFS. The van der Waals surface area contributed by atoms with E-state index in [1.165, 1.54) is 17.0 Å². The van der Waals surface area contributed by atoms with Gasteiger partial charge in [0.15, 0.2) is 0 Å². The summed E-state index contributed by atoms with van der Waals surface area (Å²) in [5.74, 6) is -0.254. The normalized spacial score (nSPS) is 12.8. The average molecular weight is 320 g/mol. The summed E-state index contributed by atoms with van der Waals surface area (Å²) in [7, 11) is 0. The van der Waals surface area contributed by atoms with Crippen molar-refractivity contribution in [2.24, 2.45) is 0 Å². The topological polar surface area (TPSA) is 0 Å². The molecule has 0 bridgehead atoms. The predicted molar refractivity (Wildman–Crippen MR) is 70.9 cm³/mol. The van der Waals surface area contributed by atoms with Gasteiger partial charge in [-0.3, -0.25) is 0 Å². The van der Waals surface area contributed by atoms with E-state index in [1.54, 1.807) is 17.4 Å². The van der Waals surface area contributed by atoms with Crippen molar-refractivity contribution in [2.75, 3.05) is 0 Å². The number of alkyl halides is 1. The second kappa shape index (κ2) is 4.86. The van der Waals surface area contributed by atoms with Gasteiger partial charge in [0.05, 0.1) is 5.38 Å². The SMILES string of the molecule is Cc1sc(C(Cl)c2cccc(F)c2)cc1Br. The van der Waals surface area contributed by atoms with E-state index in [1.807, 2.05) is 19.1 Å². The lowest BCUT2D eigenvalue weighted by Crippen LogP contribution is -1.90. The molecule has 1 aromatic heterocycles. The summed E-state index contributed by atoms with van der Waals surface area (Å²) in [5, 5.41) is -0.286. The molecule has 2 aromatic rings. The molecular weight excluding hydrogens is 311 g/mol. The Hall–Kier alpha value is -0.380. The Bertz CT molecular complexity index is 490. The summed E-state index contributed by atoms with van der Waals surface area (Å²) in [4.78, 5) is 2.20. The van der Waals surface area contributed by atoms with Gasteiger partial charge in [-0.1, -0.05) is 12.1 Å². The molecule has 16 heavy (non-hydrogen) atoms. The molecule has 0 aliphatic heterocycles. The second-order valence-electron chi connectivity index (χ2n) is 3.47. The van der Waals surface area contributed by atoms with Crippen LogP contribution in [0.15, 0.2) is 34.8 Å². The smallest absolute Gasteiger partial charge is 0.123 e. The lowest BCUT2D eigenvalue weighted by Gasteiger charge is -2.07. The predicted octanol–water partition coefficient (Wildman–Crippen LogP) is 5.29. The standard InChI is InChI=1S/C12H9BrClFS/c1-7-10(13)6-11(16-7)12(14)8-3-2-4-9(15)5-8/h2-6,12H,1H3. The van der Waals surface area contributed by atoms with Gasteiger partial charge in [0, 0.05) is 14.2 Å². The van der Waals surface area contributed by atoms with Crippen LogP contribution in [-0.2, 0) is 0 Å². The summed E-state index contributed by atoms with van der Waals surface area (Å²) in [6.07, 6.45) is 0. The first-order valence-electron chi connectivity index (χ1n) is 4.73. The van der Waals surface area contributed by atoms with Crippen LogP contribution < -0.4 is 0 Å². The van der Waals surface area contributed by atoms with E-state index in [9.17, 15) is 4.39 Å². The van der Waals surface area contributed by atoms with E-state index < -0.39 is 0 Å². The highest BCUT2D eigenvalue weighted by atomic mass is 79.9. The fourth-order valence-electron chi connectivity index (χ4n) is 1.43. The van der Waals surface area contributed by atoms with Crippen molar-refractivity contribution in [2.45, 2.75) is 12.3 Å². The van der Waals surface area contributed by atoms with E-state index in [2.05, 4.69) is 15.9 Å². The van der Waals surface area contributed by atoms with E-state index in [-0.39, 0.29) is 11.2 Å². The van der Waals surface area contributed by atoms with Crippen molar-refractivity contribution < 1.29 is 4.39 Å². The third kappa shape index (κ3) is 2.47. The second-order valence-corrected chi connectivity index (χ2v) is 6.05. The quantitative estimate of drug-likeness (QED) is 0.660. The zero-order valence-electron chi connectivity index (χ0n) is 8.51. The minimum absolute atomic E-state index is 0.254. The van der Waals surface area contributed by atoms with Gasteiger partial charge in [-0.05, 0) is 46.6 Å². The van der Waals surface area contributed by atoms with Crippen LogP contribution in [0.1, 0.15) is 20.7 Å². The Kier molecular flexibility index (Phi) is 3.67. The number of rotatable bonds is 2. The molecule has 4 heteroatoms. The van der Waals surface area contributed by atoms with Crippen molar-refractivity contribution in [3.63, 3.8) is 0 Å². The maximum Gasteiger partial charge on any atom is 0.123 e. The Morgan fingerprint density at radius 2 is 2.12 bits per heavy atom. The van der Waals surface area contributed by atoms with E-state index in [0.29, 0.717) is 0 Å². The summed E-state index contributed by atoms with van der Waals surface area (Å²) in [6.45, 7) is 2.02. The van der Waals surface area contributed by atoms with E-state index >= 15 is 0 Å². The molecule has 0 saturated carbocycles. The average Bonchev–Trinajstić information content (AvgIpc) is 2.58. The fourth-order valence-corrected chi connectivity index (χ4v) is 3.33. The molecule has 0 spiro atoms. The number of thiophene rings is 1. The number of hydrogen-bond acceptors (Lipinski definition) is 1. The first kappa shape index (κ1) is 12.1. The van der Waals surface area contributed by atoms with E-state index in [0.717, 1.165) is 14.9 Å². The molecule has 1 heterocycles. The molecule has 0 N–H and O–H groups in total. The minimum atomic E-state index is -0.286. The molecule has 0 nitrogen and oxygen atoms in total. The number of aryl methyl sites for hydroxylation is 1. The maximum absolute atomic E-state index is 13.1. The lowest BCUT2D eigenvalue weighted by atomic mass is 10.1. The van der Waals surface area contributed by atoms with Crippen molar-refractivity contribution in [3.05, 3.63) is 55.9 Å². The van der Waals surface area contributed by atoms with Crippen LogP contribution >= 0.6 is 38.9 Å². The zero-order valence-corrected chi connectivity index (χ0v) is 11.7. The largest absolute Gasteiger partial charge is 0.207 e. The van der Waals surface area contributed by atoms with Crippen LogP contribution in [0.5, 0.6) is 0 Å². The molecule has 1 aromatic carbocycles. The monoisotopic (exact) mass is 318 g/mol. The minimum Gasteiger partial charge on any atom is -0.207 e. The first-order valence-corrected chi connectivity index (χ1v) is 6.78. The van der Waals surface area contributed by atoms with Crippen molar-refractivity contribution in [1.82, 2.24) is 0 Å². The van der Waals surface area contributed by atoms with Crippen molar-refractivity contribution in [3.8, 4) is 0 Å². The van der Waals surface area contributed by atoms with Crippen molar-refractivity contribution >= 4 is 38.9 Å². The van der Waals surface area contributed by atoms with Gasteiger partial charge in [0.1, 0.15) is 5.82 Å². The molecule has 0 aliphatic rings. The van der Waals surface area contributed by atoms with Crippen LogP contribution in [0.2, 0.25) is 0 Å². The third-order valence-corrected chi connectivity index (χ3v) is 5.09. The molecule has 0 fully saturated rings. The highest BCUT2D eigenvalue weighted by Crippen LogP contribution is 2.37. The highest BCUT2D eigenvalue weighted by molar-refractivity contribution is 9.10. The van der Waals surface area contributed by atoms with Crippen LogP contribution in [0.3, 0.4) is 0 Å². The van der Waals surface area contributed by atoms with E-state index in [4.69, 9.17) is 11.6 Å². The molecule has 0 saturated heterocycles. The molecule has 0 aliphatic carbocycles. The van der Waals surface area contributed by atoms with Crippen LogP contribution in [0, 0.1) is 12.7 Å². The summed E-state index contributed by atoms with van der Waals surface area (Å²) >= 11 is 11.4. The van der Waals surface area contributed by atoms with Crippen LogP contribution in [0.4, 0.5) is 4.39 Å². The van der Waals surface area contributed by atoms with Crippen LogP contribution in [0.25, 0.3) is 0 Å². The lowest BCUT2D eigenvalue weighted by molar-refractivity contribution is 0.626. The first-order chi connectivity index (χ1) is 7.58. The molecule has 2 rings (SSSR count). The maximum atomic E-state index is 13.1. The summed E-state index contributed by atoms with van der Waals surface area (Å²) in [6, 6.07) is 8.39. The number of hydrogen-bond donors (Lipinski definition) is 0. The Labute approximate surface area is 111 Å². The van der Waals surface area contributed by atoms with Gasteiger partial charge < -0.3 is 0 Å². The van der Waals surface area contributed by atoms with Gasteiger partial charge in [-0.25, -0.2) is 4.39 Å². The molecule has 84 valence electrons. The fraction of sp³-hybridized carbons (Fsp3) is 0.167. The Balaban J connectivity index is 2.35. The summed E-state index contributed by atoms with van der Waals surface area (Å²) in [5.41, 5.74) is 0.787. The van der Waals surface area contributed by atoms with Gasteiger partial charge in [-0.2, -0.15) is 0 Å². The van der Waals surface area contributed by atoms with Gasteiger partial charge >= 0.3 is 0 Å². The molecule has 1 atom stereocenters. The Morgan fingerprint density at radius 1 is 1.38 bits per heavy atom. The van der Waals surface area contributed by atoms with Crippen LogP contribution in [-0.4, -0.2) is 0 Å². The molecule has 0 radical (unpaired) electrons. The number of benzene rings is 1. The summed E-state index contributed by atoms with van der Waals surface area (Å²) < 4.78 is 14.1. The van der Waals surface area contributed by atoms with Gasteiger partial charge in [-0.15, -0.1) is 22.9 Å².